The molecule has 1 amide bonds. The van der Waals surface area contributed by atoms with Crippen molar-refractivity contribution < 1.29 is 29.2 Å². The fourth-order valence-corrected chi connectivity index (χ4v) is 5.67. The van der Waals surface area contributed by atoms with Gasteiger partial charge in [0.25, 0.3) is 0 Å². The highest BCUT2D eigenvalue weighted by Crippen LogP contribution is 2.39. The highest BCUT2D eigenvalue weighted by atomic mass is 16.6. The van der Waals surface area contributed by atoms with Gasteiger partial charge in [-0.1, -0.05) is 121 Å². The van der Waals surface area contributed by atoms with Gasteiger partial charge in [0.05, 0.1) is 38.6 Å². The number of carbonyl (C=O) groups is 1. The van der Waals surface area contributed by atoms with E-state index in [0.29, 0.717) is 6.61 Å². The third-order valence-corrected chi connectivity index (χ3v) is 7.71. The second kappa shape index (κ2) is 14.8. The summed E-state index contributed by atoms with van der Waals surface area (Å²) in [5.41, 5.74) is 3.75. The number of aliphatic hydroxyl groups is 1. The molecule has 0 radical (unpaired) electrons. The summed E-state index contributed by atoms with van der Waals surface area (Å²) in [6.45, 7) is 0.684. The van der Waals surface area contributed by atoms with Crippen molar-refractivity contribution in [2.24, 2.45) is 5.92 Å². The largest absolute Gasteiger partial charge is 0.465 e. The third kappa shape index (κ3) is 7.43. The molecule has 0 heterocycles. The summed E-state index contributed by atoms with van der Waals surface area (Å²) in [6.07, 6.45) is -3.06. The second-order valence-corrected chi connectivity index (χ2v) is 10.5. The molecule has 7 nitrogen and oxygen atoms in total. The molecule has 5 unspecified atom stereocenters. The molecule has 218 valence electrons. The summed E-state index contributed by atoms with van der Waals surface area (Å²) in [6, 6.07) is 38.1. The molecule has 1 aliphatic rings. The first-order valence-electron chi connectivity index (χ1n) is 14.2. The van der Waals surface area contributed by atoms with Crippen molar-refractivity contribution in [1.29, 1.82) is 0 Å². The lowest BCUT2D eigenvalue weighted by atomic mass is 9.99. The highest BCUT2D eigenvalue weighted by molar-refractivity contribution is 5.66. The molecule has 1 aliphatic carbocycles. The molecule has 0 saturated heterocycles. The molecule has 0 bridgehead atoms. The van der Waals surface area contributed by atoms with Crippen LogP contribution in [0, 0.1) is 5.92 Å². The maximum absolute atomic E-state index is 12.9. The fraction of sp³-hybridized carbons (Fsp3) is 0.286. The van der Waals surface area contributed by atoms with Crippen molar-refractivity contribution in [3.8, 4) is 0 Å². The van der Waals surface area contributed by atoms with Crippen molar-refractivity contribution in [1.82, 2.24) is 4.90 Å². The van der Waals surface area contributed by atoms with Crippen LogP contribution in [0.25, 0.3) is 0 Å². The molecule has 1 fully saturated rings. The molecule has 5 rings (SSSR count). The first-order valence-corrected chi connectivity index (χ1v) is 14.2. The van der Waals surface area contributed by atoms with Crippen molar-refractivity contribution in [3.63, 3.8) is 0 Å². The summed E-state index contributed by atoms with van der Waals surface area (Å²) in [7, 11) is 0. The summed E-state index contributed by atoms with van der Waals surface area (Å²) in [5, 5.41) is 21.3. The van der Waals surface area contributed by atoms with E-state index in [2.05, 4.69) is 0 Å². The summed E-state index contributed by atoms with van der Waals surface area (Å²) < 4.78 is 19.6. The van der Waals surface area contributed by atoms with E-state index in [1.54, 1.807) is 0 Å². The Labute approximate surface area is 246 Å². The molecular formula is C35H37NO6. The maximum atomic E-state index is 12.9. The van der Waals surface area contributed by atoms with Gasteiger partial charge in [0.1, 0.15) is 12.2 Å². The smallest absolute Gasteiger partial charge is 0.407 e. The topological polar surface area (TPSA) is 88.5 Å². The predicted octanol–water partition coefficient (Wildman–Crippen LogP) is 5.91. The van der Waals surface area contributed by atoms with E-state index in [-0.39, 0.29) is 26.4 Å². The first kappa shape index (κ1) is 29.5. The van der Waals surface area contributed by atoms with E-state index in [1.165, 1.54) is 4.90 Å². The standard InChI is InChI=1S/C35H37NO6/c37-22-30-31(36(35(38)39)21-26-13-5-1-6-14-26)33(41-24-28-17-9-3-10-18-28)34(42-25-29-19-11-4-12-20-29)32(30)40-23-27-15-7-2-8-16-27/h1-20,30-34,37H,21-25H2,(H,38,39). The second-order valence-electron chi connectivity index (χ2n) is 10.5. The van der Waals surface area contributed by atoms with Crippen molar-refractivity contribution in [3.05, 3.63) is 144 Å². The Morgan fingerprint density at radius 3 is 1.36 bits per heavy atom. The van der Waals surface area contributed by atoms with Gasteiger partial charge in [0.2, 0.25) is 0 Å². The molecule has 7 heteroatoms. The normalized spacial score (nSPS) is 21.7. The van der Waals surface area contributed by atoms with Gasteiger partial charge in [-0.3, -0.25) is 4.90 Å². The van der Waals surface area contributed by atoms with Crippen LogP contribution in [0.5, 0.6) is 0 Å². The number of amides is 1. The van der Waals surface area contributed by atoms with Gasteiger partial charge in [-0.25, -0.2) is 4.79 Å². The molecule has 0 aromatic heterocycles. The minimum absolute atomic E-state index is 0.138. The van der Waals surface area contributed by atoms with Gasteiger partial charge >= 0.3 is 6.09 Å². The van der Waals surface area contributed by atoms with E-state index < -0.39 is 36.4 Å². The Bertz CT molecular complexity index is 1360. The number of hydrogen-bond donors (Lipinski definition) is 2. The number of ether oxygens (including phenoxy) is 3. The van der Waals surface area contributed by atoms with Crippen LogP contribution in [-0.2, 0) is 40.6 Å². The van der Waals surface area contributed by atoms with E-state index in [9.17, 15) is 15.0 Å². The molecule has 42 heavy (non-hydrogen) atoms. The predicted molar refractivity (Wildman–Crippen MR) is 159 cm³/mol. The lowest BCUT2D eigenvalue weighted by molar-refractivity contribution is -0.131. The molecule has 1 saturated carbocycles. The van der Waals surface area contributed by atoms with Crippen LogP contribution < -0.4 is 0 Å². The van der Waals surface area contributed by atoms with Gasteiger partial charge in [-0.15, -0.1) is 0 Å². The van der Waals surface area contributed by atoms with Crippen LogP contribution in [0.15, 0.2) is 121 Å². The average Bonchev–Trinajstić information content (AvgIpc) is 3.34. The SMILES string of the molecule is O=C(O)N(Cc1ccccc1)C1C(CO)C(OCc2ccccc2)C(OCc2ccccc2)C1OCc1ccccc1. The Morgan fingerprint density at radius 1 is 0.571 bits per heavy atom. The minimum atomic E-state index is -1.10. The number of aliphatic hydroxyl groups excluding tert-OH is 1. The number of nitrogens with zero attached hydrogens (tertiary/aromatic N) is 1. The maximum Gasteiger partial charge on any atom is 0.407 e. The van der Waals surface area contributed by atoms with Crippen molar-refractivity contribution >= 4 is 6.09 Å². The third-order valence-electron chi connectivity index (χ3n) is 7.71. The summed E-state index contributed by atoms with van der Waals surface area (Å²) in [4.78, 5) is 14.2. The van der Waals surface area contributed by atoms with E-state index >= 15 is 0 Å². The molecule has 0 spiro atoms. The average molecular weight is 568 g/mol. The van der Waals surface area contributed by atoms with E-state index in [1.807, 2.05) is 121 Å². The van der Waals surface area contributed by atoms with Crippen LogP contribution in [0.1, 0.15) is 22.3 Å². The number of benzene rings is 4. The Kier molecular flexibility index (Phi) is 10.4. The van der Waals surface area contributed by atoms with Crippen molar-refractivity contribution in [2.45, 2.75) is 50.7 Å². The van der Waals surface area contributed by atoms with Crippen molar-refractivity contribution in [2.75, 3.05) is 6.61 Å². The van der Waals surface area contributed by atoms with Crippen LogP contribution in [0.3, 0.4) is 0 Å². The highest BCUT2D eigenvalue weighted by Gasteiger charge is 2.56. The number of hydrogen-bond acceptors (Lipinski definition) is 5. The molecular weight excluding hydrogens is 530 g/mol. The van der Waals surface area contributed by atoms with Crippen LogP contribution in [0.4, 0.5) is 4.79 Å². The zero-order chi connectivity index (χ0) is 29.1. The molecule has 4 aromatic rings. The van der Waals surface area contributed by atoms with Crippen LogP contribution in [-0.4, -0.2) is 52.2 Å². The zero-order valence-electron chi connectivity index (χ0n) is 23.4. The van der Waals surface area contributed by atoms with Gasteiger partial charge in [0, 0.05) is 12.5 Å². The van der Waals surface area contributed by atoms with Gasteiger partial charge < -0.3 is 24.4 Å². The van der Waals surface area contributed by atoms with Crippen LogP contribution >= 0.6 is 0 Å². The van der Waals surface area contributed by atoms with E-state index in [0.717, 1.165) is 22.3 Å². The van der Waals surface area contributed by atoms with E-state index in [4.69, 9.17) is 14.2 Å². The van der Waals surface area contributed by atoms with Gasteiger partial charge in [0.15, 0.2) is 0 Å². The molecule has 2 N–H and O–H groups in total. The summed E-state index contributed by atoms with van der Waals surface area (Å²) >= 11 is 0. The lowest BCUT2D eigenvalue weighted by Gasteiger charge is -2.34. The van der Waals surface area contributed by atoms with Gasteiger partial charge in [-0.05, 0) is 22.3 Å². The Hall–Kier alpha value is -4.01. The van der Waals surface area contributed by atoms with Crippen LogP contribution in [0.2, 0.25) is 0 Å². The fourth-order valence-electron chi connectivity index (χ4n) is 5.67. The molecule has 0 aliphatic heterocycles. The molecule has 5 atom stereocenters. The molecule has 4 aromatic carbocycles. The quantitative estimate of drug-likeness (QED) is 0.209. The monoisotopic (exact) mass is 567 g/mol. The zero-order valence-corrected chi connectivity index (χ0v) is 23.4. The number of carboxylic acid groups (broad SMARTS) is 1. The minimum Gasteiger partial charge on any atom is -0.465 e. The summed E-state index contributed by atoms with van der Waals surface area (Å²) in [5.74, 6) is -0.588. The van der Waals surface area contributed by atoms with Gasteiger partial charge in [-0.2, -0.15) is 0 Å². The Morgan fingerprint density at radius 2 is 0.952 bits per heavy atom. The number of rotatable bonds is 13. The lowest BCUT2D eigenvalue weighted by Crippen LogP contribution is -2.50. The first-order chi connectivity index (χ1) is 20.6. The Balaban J connectivity index is 1.50.